The van der Waals surface area contributed by atoms with Crippen molar-refractivity contribution < 1.29 is 51.3 Å². The third-order valence-electron chi connectivity index (χ3n) is 11.4. The molecule has 16 nitrogen and oxygen atoms in total. The lowest BCUT2D eigenvalue weighted by molar-refractivity contribution is -0.274. The monoisotopic (exact) mass is 870 g/mol. The second-order valence-electron chi connectivity index (χ2n) is 17.1. The van der Waals surface area contributed by atoms with Gasteiger partial charge in [-0.05, 0) is 57.2 Å². The minimum absolute atomic E-state index is 0.145. The smallest absolute Gasteiger partial charge is 0.453 e. The number of alkyl carbamates (subject to hydrolysis) is 1. The summed E-state index contributed by atoms with van der Waals surface area (Å²) in [6.07, 6.45) is -2.55. The van der Waals surface area contributed by atoms with Crippen molar-refractivity contribution in [2.75, 3.05) is 65.3 Å². The van der Waals surface area contributed by atoms with Gasteiger partial charge < -0.3 is 49.3 Å². The molecular weight excluding hydrogens is 814 g/mol. The molecule has 3 aliphatic rings. The molecule has 19 heteroatoms. The summed E-state index contributed by atoms with van der Waals surface area (Å²) in [5.74, 6) is -0.499. The van der Waals surface area contributed by atoms with Gasteiger partial charge >= 0.3 is 24.6 Å². The first kappa shape index (κ1) is 46.0. The van der Waals surface area contributed by atoms with Crippen molar-refractivity contribution >= 4 is 29.8 Å². The van der Waals surface area contributed by atoms with Crippen LogP contribution in [0.1, 0.15) is 65.7 Å². The van der Waals surface area contributed by atoms with Crippen molar-refractivity contribution in [2.24, 2.45) is 5.92 Å². The molecule has 0 radical (unpaired) electrons. The molecular formula is C43H57F3N8O8. The quantitative estimate of drug-likeness (QED) is 0.196. The Morgan fingerprint density at radius 3 is 2.15 bits per heavy atom. The number of rotatable bonds is 10. The number of H-pyrrole nitrogens is 1. The molecule has 3 atom stereocenters. The summed E-state index contributed by atoms with van der Waals surface area (Å²) < 4.78 is 61.5. The highest BCUT2D eigenvalue weighted by molar-refractivity contribution is 5.90. The number of aromatic nitrogens is 2. The number of carbonyl (C=O) groups is 4. The third-order valence-corrected chi connectivity index (χ3v) is 11.4. The fraction of sp³-hybridized carbons (Fsp3) is 0.558. The maximum absolute atomic E-state index is 13.7. The van der Waals surface area contributed by atoms with Crippen molar-refractivity contribution in [3.05, 3.63) is 54.5 Å². The summed E-state index contributed by atoms with van der Waals surface area (Å²) in [6.45, 7) is 12.8. The average molecular weight is 871 g/mol. The summed E-state index contributed by atoms with van der Waals surface area (Å²) in [4.78, 5) is 66.8. The largest absolute Gasteiger partial charge is 0.573 e. The molecule has 0 bridgehead atoms. The van der Waals surface area contributed by atoms with Crippen LogP contribution < -0.4 is 15.4 Å². The minimum atomic E-state index is -5.00. The highest BCUT2D eigenvalue weighted by Crippen LogP contribution is 2.38. The molecule has 3 aliphatic heterocycles. The zero-order valence-electron chi connectivity index (χ0n) is 36.2. The number of ether oxygens (including phenoxy) is 4. The highest BCUT2D eigenvalue weighted by atomic mass is 19.4. The Kier molecular flexibility index (Phi) is 14.3. The van der Waals surface area contributed by atoms with Crippen molar-refractivity contribution in [3.63, 3.8) is 0 Å². The Morgan fingerprint density at radius 2 is 1.55 bits per heavy atom. The molecule has 3 aromatic rings. The number of amides is 5. The first-order valence-corrected chi connectivity index (χ1v) is 20.8. The van der Waals surface area contributed by atoms with Crippen LogP contribution in [0.5, 0.6) is 5.75 Å². The molecule has 6 rings (SSSR count). The van der Waals surface area contributed by atoms with E-state index in [1.54, 1.807) is 52.3 Å². The lowest BCUT2D eigenvalue weighted by atomic mass is 10.0. The highest BCUT2D eigenvalue weighted by Gasteiger charge is 2.42. The number of urea groups is 1. The molecule has 3 N–H and O–H groups in total. The number of carbonyl (C=O) groups excluding carboxylic acids is 4. The molecule has 0 aliphatic carbocycles. The van der Waals surface area contributed by atoms with Gasteiger partial charge in [-0.3, -0.25) is 9.69 Å². The van der Waals surface area contributed by atoms with Crippen LogP contribution in [0.3, 0.4) is 0 Å². The third kappa shape index (κ3) is 11.5. The zero-order chi connectivity index (χ0) is 44.9. The Bertz CT molecular complexity index is 2040. The number of methoxy groups -OCH3 is 2. The molecule has 2 aromatic carbocycles. The van der Waals surface area contributed by atoms with E-state index < -0.39 is 41.9 Å². The number of nitrogens with one attached hydrogen (secondary N) is 3. The number of alkyl halides is 3. The number of hydrogen-bond donors (Lipinski definition) is 3. The van der Waals surface area contributed by atoms with E-state index >= 15 is 0 Å². The first-order valence-electron chi connectivity index (χ1n) is 20.8. The molecule has 62 heavy (non-hydrogen) atoms. The Balaban J connectivity index is 1.09. The molecule has 3 saturated heterocycles. The van der Waals surface area contributed by atoms with E-state index in [2.05, 4.69) is 25.3 Å². The number of nitrogens with zero attached hydrogens (tertiary/aromatic N) is 5. The maximum Gasteiger partial charge on any atom is 0.573 e. The number of anilines is 1. The Morgan fingerprint density at radius 1 is 0.887 bits per heavy atom. The Labute approximate surface area is 359 Å². The van der Waals surface area contributed by atoms with E-state index in [0.29, 0.717) is 74.9 Å². The SMILES string of the molecule is COC(=O)N[C@H](C(=O)N1C[C@@H](OC)C[C@H]1c1nc(-c2ccc(-c3ccc(NC(=O)N4CCN(C5CCN(C(=O)OC(C)(C)C)CC5)CC4)cc3OC(F)(F)F)cc2)c[nH]1)C(C)C. The summed E-state index contributed by atoms with van der Waals surface area (Å²) in [5, 5.41) is 5.37. The second-order valence-corrected chi connectivity index (χ2v) is 17.1. The van der Waals surface area contributed by atoms with Crippen LogP contribution in [0, 0.1) is 5.92 Å². The van der Waals surface area contributed by atoms with Crippen LogP contribution in [0.15, 0.2) is 48.7 Å². The maximum atomic E-state index is 13.7. The lowest BCUT2D eigenvalue weighted by Gasteiger charge is -2.42. The van der Waals surface area contributed by atoms with Crippen molar-refractivity contribution in [3.8, 4) is 28.1 Å². The van der Waals surface area contributed by atoms with Crippen molar-refractivity contribution in [1.29, 1.82) is 0 Å². The number of piperazine rings is 1. The molecule has 0 spiro atoms. The van der Waals surface area contributed by atoms with Gasteiger partial charge in [0, 0.05) is 94.5 Å². The summed E-state index contributed by atoms with van der Waals surface area (Å²) >= 11 is 0. The topological polar surface area (TPSA) is 171 Å². The number of piperidine rings is 1. The zero-order valence-corrected chi connectivity index (χ0v) is 36.2. The molecule has 338 valence electrons. The van der Waals surface area contributed by atoms with Crippen LogP contribution in [-0.4, -0.2) is 144 Å². The molecule has 0 saturated carbocycles. The summed E-state index contributed by atoms with van der Waals surface area (Å²) in [7, 11) is 2.80. The minimum Gasteiger partial charge on any atom is -0.453 e. The van der Waals surface area contributed by atoms with Crippen LogP contribution >= 0.6 is 0 Å². The van der Waals surface area contributed by atoms with Gasteiger partial charge in [-0.15, -0.1) is 13.2 Å². The Hall–Kier alpha value is -5.56. The number of halogens is 3. The fourth-order valence-electron chi connectivity index (χ4n) is 8.11. The van der Waals surface area contributed by atoms with Crippen LogP contribution in [-0.2, 0) is 19.0 Å². The van der Waals surface area contributed by atoms with Gasteiger partial charge in [0.2, 0.25) is 5.91 Å². The fourth-order valence-corrected chi connectivity index (χ4v) is 8.11. The molecule has 3 fully saturated rings. The van der Waals surface area contributed by atoms with Gasteiger partial charge in [0.25, 0.3) is 0 Å². The number of likely N-dealkylation sites (tertiary alicyclic amines) is 2. The molecule has 5 amide bonds. The van der Waals surface area contributed by atoms with Crippen LogP contribution in [0.4, 0.5) is 33.2 Å². The second kappa shape index (κ2) is 19.2. The van der Waals surface area contributed by atoms with E-state index in [-0.39, 0.29) is 41.3 Å². The van der Waals surface area contributed by atoms with Gasteiger partial charge in [0.05, 0.1) is 24.9 Å². The van der Waals surface area contributed by atoms with Gasteiger partial charge in [-0.25, -0.2) is 19.4 Å². The predicted octanol–water partition coefficient (Wildman–Crippen LogP) is 6.86. The number of benzene rings is 2. The van der Waals surface area contributed by atoms with E-state index in [1.165, 1.54) is 19.2 Å². The standard InChI is InChI=1S/C43H57F3N8O8/c1-26(2)36(50-40(57)60-7)38(55)54-25-31(59-6)23-34(54)37-47-24-33(49-37)28-10-8-27(9-11-28)32-13-12-29(22-35(32)61-43(44,45)46)48-39(56)52-20-18-51(19-21-52)30-14-16-53(17-15-30)41(58)62-42(3,4)5/h8-13,22,24,26,30-31,34,36H,14-21,23,25H2,1-7H3,(H,47,49)(H,48,56)(H,50,57)/t31-,34-,36-/m0/s1. The number of imidazole rings is 1. The van der Waals surface area contributed by atoms with Crippen molar-refractivity contribution in [1.82, 2.24) is 34.9 Å². The number of hydrogen-bond acceptors (Lipinski definition) is 10. The van der Waals surface area contributed by atoms with Gasteiger partial charge in [-0.2, -0.15) is 0 Å². The lowest BCUT2D eigenvalue weighted by Crippen LogP contribution is -2.55. The normalized spacial score (nSPS) is 19.6. The van der Waals surface area contributed by atoms with E-state index in [0.717, 1.165) is 18.9 Å². The van der Waals surface area contributed by atoms with Crippen LogP contribution in [0.2, 0.25) is 0 Å². The first-order chi connectivity index (χ1) is 29.3. The average Bonchev–Trinajstić information content (AvgIpc) is 3.90. The van der Waals surface area contributed by atoms with Gasteiger partial charge in [0.1, 0.15) is 23.2 Å². The number of aromatic amines is 1. The van der Waals surface area contributed by atoms with Crippen molar-refractivity contribution in [2.45, 2.75) is 90.1 Å². The molecule has 4 heterocycles. The van der Waals surface area contributed by atoms with Crippen LogP contribution in [0.25, 0.3) is 22.4 Å². The molecule has 0 unspecified atom stereocenters. The predicted molar refractivity (Wildman–Crippen MR) is 223 cm³/mol. The van der Waals surface area contributed by atoms with Gasteiger partial charge in [0.15, 0.2) is 0 Å². The van der Waals surface area contributed by atoms with E-state index in [9.17, 15) is 32.3 Å². The van der Waals surface area contributed by atoms with E-state index in [4.69, 9.17) is 19.2 Å². The van der Waals surface area contributed by atoms with E-state index in [1.807, 2.05) is 34.6 Å². The molecule has 1 aromatic heterocycles. The van der Waals surface area contributed by atoms with Gasteiger partial charge in [-0.1, -0.05) is 38.1 Å². The summed E-state index contributed by atoms with van der Waals surface area (Å²) in [5.41, 5.74) is 1.38. The summed E-state index contributed by atoms with van der Waals surface area (Å²) in [6, 6.07) is 9.43.